The van der Waals surface area contributed by atoms with Crippen LogP contribution in [0.25, 0.3) is 82.0 Å². The molecular weight excluding hydrogens is 581 g/mol. The maximum Gasteiger partial charge on any atom is 0.0626 e. The molecule has 0 N–H and O–H groups in total. The average molecular weight is 621 g/mol. The minimum Gasteiger partial charge on any atom is -0.337 e. The summed E-state index contributed by atoms with van der Waals surface area (Å²) < 4.78 is 5.15. The Balaban J connectivity index is 1.52. The Labute approximate surface area is 281 Å². The Bertz CT molecular complexity index is 2750. The molecule has 0 aliphatic heterocycles. The van der Waals surface area contributed by atoms with Crippen molar-refractivity contribution in [3.63, 3.8) is 0 Å². The van der Waals surface area contributed by atoms with Gasteiger partial charge in [-0.2, -0.15) is 0 Å². The third-order valence-corrected chi connectivity index (χ3v) is 10.6. The highest BCUT2D eigenvalue weighted by molar-refractivity contribution is 6.25. The molecule has 0 saturated heterocycles. The summed E-state index contributed by atoms with van der Waals surface area (Å²) in [5, 5.41) is 10.3. The third-order valence-electron chi connectivity index (χ3n) is 10.6. The molecule has 234 valence electrons. The van der Waals surface area contributed by atoms with Gasteiger partial charge in [0, 0.05) is 49.9 Å². The van der Waals surface area contributed by atoms with Crippen molar-refractivity contribution in [3.05, 3.63) is 138 Å². The number of aromatic nitrogens is 2. The van der Waals surface area contributed by atoms with Crippen LogP contribution in [0.15, 0.2) is 121 Å². The van der Waals surface area contributed by atoms with Gasteiger partial charge in [0.1, 0.15) is 0 Å². The standard InChI is InChI=1S/C46H40N2/c1-27(2)38-22-30(6)42(23-29(38)5)48-41-21-12-11-18-35(41)40-25-33-16-9-10-17-34(33)44(46(40)48)37-20-13-19-36-39-24-31-14-7-8-15-32(31)26-43(39)47(28(3)4)45(36)37/h7-28H,1-6H3. The van der Waals surface area contributed by atoms with E-state index in [0.717, 1.165) is 0 Å². The number of para-hydroxylation sites is 2. The largest absolute Gasteiger partial charge is 0.337 e. The lowest BCUT2D eigenvalue weighted by Gasteiger charge is -2.20. The lowest BCUT2D eigenvalue weighted by molar-refractivity contribution is 0.643. The van der Waals surface area contributed by atoms with Crippen molar-refractivity contribution in [1.82, 2.24) is 9.13 Å². The number of rotatable bonds is 4. The number of aryl methyl sites for hydroxylation is 2. The summed E-state index contributed by atoms with van der Waals surface area (Å²) >= 11 is 0. The zero-order valence-electron chi connectivity index (χ0n) is 28.6. The highest BCUT2D eigenvalue weighted by Crippen LogP contribution is 2.47. The van der Waals surface area contributed by atoms with E-state index in [1.165, 1.54) is 98.7 Å². The van der Waals surface area contributed by atoms with E-state index in [2.05, 4.69) is 172 Å². The van der Waals surface area contributed by atoms with Gasteiger partial charge in [0.25, 0.3) is 0 Å². The van der Waals surface area contributed by atoms with Crippen molar-refractivity contribution in [2.45, 2.75) is 53.5 Å². The normalized spacial score (nSPS) is 12.3. The fourth-order valence-electron chi connectivity index (χ4n) is 8.52. The zero-order chi connectivity index (χ0) is 32.8. The molecule has 2 heterocycles. The van der Waals surface area contributed by atoms with Crippen LogP contribution in [0.5, 0.6) is 0 Å². The van der Waals surface area contributed by atoms with Crippen molar-refractivity contribution < 1.29 is 0 Å². The molecule has 48 heavy (non-hydrogen) atoms. The summed E-state index contributed by atoms with van der Waals surface area (Å²) in [7, 11) is 0. The predicted octanol–water partition coefficient (Wildman–Crippen LogP) is 13.2. The molecule has 0 saturated carbocycles. The Morgan fingerprint density at radius 3 is 1.88 bits per heavy atom. The molecule has 2 aromatic heterocycles. The van der Waals surface area contributed by atoms with E-state index in [1.807, 2.05) is 0 Å². The van der Waals surface area contributed by atoms with Gasteiger partial charge < -0.3 is 9.13 Å². The van der Waals surface area contributed by atoms with E-state index in [-0.39, 0.29) is 6.04 Å². The summed E-state index contributed by atoms with van der Waals surface area (Å²) in [5.74, 6) is 0.475. The molecule has 2 heteroatoms. The second-order valence-corrected chi connectivity index (χ2v) is 14.3. The Hall–Kier alpha value is -5.34. The molecule has 0 radical (unpaired) electrons. The van der Waals surface area contributed by atoms with Gasteiger partial charge in [0.15, 0.2) is 0 Å². The summed E-state index contributed by atoms with van der Waals surface area (Å²) in [4.78, 5) is 0. The van der Waals surface area contributed by atoms with Crippen molar-refractivity contribution >= 4 is 65.2 Å². The van der Waals surface area contributed by atoms with Crippen LogP contribution in [-0.4, -0.2) is 9.13 Å². The lowest BCUT2D eigenvalue weighted by atomic mass is 9.92. The molecule has 0 unspecified atom stereocenters. The van der Waals surface area contributed by atoms with Crippen LogP contribution >= 0.6 is 0 Å². The van der Waals surface area contributed by atoms with Crippen LogP contribution in [0.4, 0.5) is 0 Å². The molecular formula is C46H40N2. The van der Waals surface area contributed by atoms with E-state index >= 15 is 0 Å². The Morgan fingerprint density at radius 1 is 0.479 bits per heavy atom. The summed E-state index contributed by atoms with van der Waals surface area (Å²) in [6, 6.07) is 46.0. The van der Waals surface area contributed by atoms with Gasteiger partial charge in [-0.15, -0.1) is 0 Å². The van der Waals surface area contributed by atoms with E-state index in [4.69, 9.17) is 0 Å². The summed E-state index contributed by atoms with van der Waals surface area (Å²) in [5.41, 5.74) is 13.0. The molecule has 0 bridgehead atoms. The van der Waals surface area contributed by atoms with Crippen molar-refractivity contribution in [3.8, 4) is 16.8 Å². The molecule has 0 aliphatic rings. The van der Waals surface area contributed by atoms with Crippen LogP contribution in [0, 0.1) is 13.8 Å². The molecule has 9 rings (SSSR count). The lowest BCUT2D eigenvalue weighted by Crippen LogP contribution is -2.04. The van der Waals surface area contributed by atoms with E-state index in [0.29, 0.717) is 5.92 Å². The summed E-state index contributed by atoms with van der Waals surface area (Å²) in [6.45, 7) is 13.8. The fraction of sp³-hybridized carbons (Fsp3) is 0.174. The maximum atomic E-state index is 2.58. The van der Waals surface area contributed by atoms with Crippen LogP contribution in [-0.2, 0) is 0 Å². The highest BCUT2D eigenvalue weighted by Gasteiger charge is 2.24. The molecule has 9 aromatic rings. The fourth-order valence-corrected chi connectivity index (χ4v) is 8.52. The maximum absolute atomic E-state index is 2.58. The molecule has 0 fully saturated rings. The SMILES string of the molecule is Cc1cc(-n2c3ccccc3c3cc4ccccc4c(-c4cccc5c6cc7ccccc7cc6n(C(C)C)c45)c32)c(C)cc1C(C)C. The van der Waals surface area contributed by atoms with Gasteiger partial charge >= 0.3 is 0 Å². The smallest absolute Gasteiger partial charge is 0.0626 e. The van der Waals surface area contributed by atoms with E-state index < -0.39 is 0 Å². The van der Waals surface area contributed by atoms with Crippen LogP contribution in [0.3, 0.4) is 0 Å². The second kappa shape index (κ2) is 10.6. The number of hydrogen-bond acceptors (Lipinski definition) is 0. The van der Waals surface area contributed by atoms with Crippen molar-refractivity contribution in [2.75, 3.05) is 0 Å². The van der Waals surface area contributed by atoms with Crippen LogP contribution < -0.4 is 0 Å². The van der Waals surface area contributed by atoms with Gasteiger partial charge in [0.2, 0.25) is 0 Å². The Kier molecular flexibility index (Phi) is 6.36. The Morgan fingerprint density at radius 2 is 1.12 bits per heavy atom. The molecule has 0 aliphatic carbocycles. The molecule has 0 spiro atoms. The minimum atomic E-state index is 0.275. The monoisotopic (exact) mass is 620 g/mol. The first-order valence-electron chi connectivity index (χ1n) is 17.3. The molecule has 0 atom stereocenters. The first-order valence-corrected chi connectivity index (χ1v) is 17.3. The van der Waals surface area contributed by atoms with Crippen molar-refractivity contribution in [1.29, 1.82) is 0 Å². The quantitative estimate of drug-likeness (QED) is 0.185. The van der Waals surface area contributed by atoms with Gasteiger partial charge in [0.05, 0.1) is 16.6 Å². The number of benzene rings is 7. The second-order valence-electron chi connectivity index (χ2n) is 14.3. The minimum absolute atomic E-state index is 0.275. The van der Waals surface area contributed by atoms with Gasteiger partial charge in [-0.3, -0.25) is 0 Å². The topological polar surface area (TPSA) is 9.86 Å². The van der Waals surface area contributed by atoms with E-state index in [1.54, 1.807) is 0 Å². The van der Waals surface area contributed by atoms with E-state index in [9.17, 15) is 0 Å². The molecule has 2 nitrogen and oxygen atoms in total. The van der Waals surface area contributed by atoms with Crippen LogP contribution in [0.1, 0.15) is 56.3 Å². The van der Waals surface area contributed by atoms with Gasteiger partial charge in [-0.05, 0) is 102 Å². The average Bonchev–Trinajstić information content (AvgIpc) is 3.59. The number of fused-ring (bicyclic) bond motifs is 8. The van der Waals surface area contributed by atoms with Gasteiger partial charge in [-0.1, -0.05) is 105 Å². The van der Waals surface area contributed by atoms with Crippen LogP contribution in [0.2, 0.25) is 0 Å². The summed E-state index contributed by atoms with van der Waals surface area (Å²) in [6.07, 6.45) is 0. The molecule has 0 amide bonds. The zero-order valence-corrected chi connectivity index (χ0v) is 28.6. The first-order chi connectivity index (χ1) is 23.3. The van der Waals surface area contributed by atoms with Gasteiger partial charge in [-0.25, -0.2) is 0 Å². The predicted molar refractivity (Wildman–Crippen MR) is 208 cm³/mol. The van der Waals surface area contributed by atoms with Crippen molar-refractivity contribution in [2.24, 2.45) is 0 Å². The number of hydrogen-bond donors (Lipinski definition) is 0. The number of nitrogens with zero attached hydrogens (tertiary/aromatic N) is 2. The molecule has 7 aromatic carbocycles. The highest BCUT2D eigenvalue weighted by atomic mass is 15.0. The third kappa shape index (κ3) is 4.05. The first kappa shape index (κ1) is 28.8.